The van der Waals surface area contributed by atoms with Gasteiger partial charge in [-0.05, 0) is 243 Å². The highest BCUT2D eigenvalue weighted by Gasteiger charge is 2.26. The molecular formula is C117H73N9. The zero-order chi connectivity index (χ0) is 82.6. The molecule has 0 spiro atoms. The molecule has 19 aromatic carbocycles. The van der Waals surface area contributed by atoms with E-state index in [4.69, 9.17) is 15.0 Å². The van der Waals surface area contributed by atoms with Crippen LogP contribution in [0.1, 0.15) is 0 Å². The molecule has 126 heavy (non-hydrogen) atoms. The Morgan fingerprint density at radius 2 is 0.341 bits per heavy atom. The van der Waals surface area contributed by atoms with Crippen molar-refractivity contribution in [2.24, 2.45) is 0 Å². The molecule has 0 unspecified atom stereocenters. The van der Waals surface area contributed by atoms with Gasteiger partial charge in [-0.15, -0.1) is 0 Å². The summed E-state index contributed by atoms with van der Waals surface area (Å²) in [5.74, 6) is 1.48. The summed E-state index contributed by atoms with van der Waals surface area (Å²) < 4.78 is 14.1. The number of fused-ring (bicyclic) bond motifs is 18. The average Bonchev–Trinajstić information content (AvgIpc) is 1.57. The van der Waals surface area contributed by atoms with E-state index >= 15 is 0 Å². The zero-order valence-electron chi connectivity index (χ0n) is 68.2. The van der Waals surface area contributed by atoms with Crippen molar-refractivity contribution >= 4 is 131 Å². The summed E-state index contributed by atoms with van der Waals surface area (Å²) in [7, 11) is 0. The predicted molar refractivity (Wildman–Crippen MR) is 524 cm³/mol. The second-order valence-electron chi connectivity index (χ2n) is 33.0. The van der Waals surface area contributed by atoms with Gasteiger partial charge >= 0.3 is 0 Å². The van der Waals surface area contributed by atoms with E-state index in [0.717, 1.165) is 183 Å². The molecule has 26 aromatic rings. The predicted octanol–water partition coefficient (Wildman–Crippen LogP) is 30.1. The van der Waals surface area contributed by atoms with Crippen molar-refractivity contribution in [1.29, 1.82) is 0 Å². The van der Waals surface area contributed by atoms with Gasteiger partial charge in [0.1, 0.15) is 0 Å². The van der Waals surface area contributed by atoms with E-state index in [0.29, 0.717) is 17.7 Å². The minimum Gasteiger partial charge on any atom is -0.309 e. The molecule has 0 radical (unpaired) electrons. The van der Waals surface area contributed by atoms with E-state index < -0.39 is 0 Å². The molecule has 0 saturated carbocycles. The maximum atomic E-state index is 5.96. The van der Waals surface area contributed by atoms with E-state index in [1.807, 2.05) is 0 Å². The minimum atomic E-state index is 0.477. The lowest BCUT2D eigenvalue weighted by atomic mass is 9.94. The summed E-state index contributed by atoms with van der Waals surface area (Å²) in [5.41, 5.74) is 31.6. The van der Waals surface area contributed by atoms with E-state index in [9.17, 15) is 0 Å². The van der Waals surface area contributed by atoms with Gasteiger partial charge in [0.15, 0.2) is 5.82 Å². The second-order valence-corrected chi connectivity index (χ2v) is 33.0. The van der Waals surface area contributed by atoms with Gasteiger partial charge in [-0.3, -0.25) is 9.13 Å². The van der Waals surface area contributed by atoms with Crippen molar-refractivity contribution in [3.05, 3.63) is 443 Å². The van der Waals surface area contributed by atoms with Crippen molar-refractivity contribution in [3.8, 4) is 113 Å². The third-order valence-electron chi connectivity index (χ3n) is 26.1. The molecule has 0 amide bonds. The van der Waals surface area contributed by atoms with Crippen LogP contribution in [0.2, 0.25) is 0 Å². The molecule has 586 valence electrons. The van der Waals surface area contributed by atoms with Crippen LogP contribution in [0.15, 0.2) is 443 Å². The van der Waals surface area contributed by atoms with Gasteiger partial charge in [0.25, 0.3) is 0 Å². The lowest BCUT2D eigenvalue weighted by Gasteiger charge is -2.14. The Labute approximate surface area is 724 Å². The maximum Gasteiger partial charge on any atom is 0.240 e. The number of para-hydroxylation sites is 8. The fraction of sp³-hybridized carbons (Fsp3) is 0. The zero-order valence-corrected chi connectivity index (χ0v) is 68.2. The van der Waals surface area contributed by atoms with Crippen LogP contribution in [0.3, 0.4) is 0 Å². The monoisotopic (exact) mass is 1600 g/mol. The molecule has 0 aliphatic heterocycles. The Morgan fingerprint density at radius 3 is 0.635 bits per heavy atom. The van der Waals surface area contributed by atoms with Crippen LogP contribution in [0.4, 0.5) is 0 Å². The normalized spacial score (nSPS) is 12.0. The van der Waals surface area contributed by atoms with E-state index in [1.165, 1.54) is 43.1 Å². The Balaban J connectivity index is 0.714. The number of hydrogen-bond acceptors (Lipinski definition) is 3. The highest BCUT2D eigenvalue weighted by Crippen LogP contribution is 2.46. The molecule has 0 aliphatic carbocycles. The highest BCUT2D eigenvalue weighted by molar-refractivity contribution is 6.18. The standard InChI is InChI=1S/C117H73N9/c1-6-27-74(28-7-1)89-39-16-17-40-90(89)83-29-26-30-84(65-83)115-118-116(125-111-61-53-79(75-49-57-107-95(66-75)91-41-18-22-45-103(91)121(107)85-31-8-2-9-32-85)70-99(111)100-71-80(54-62-112(100)125)76-50-58-108-96(67-76)92-42-19-23-46-104(92)122(108)86-33-10-3-11-34-86)120-117(119-115)126-113-63-55-81(77-51-59-109-97(68-77)93-43-20-24-47-105(93)123(109)87-35-12-4-13-36-87)72-101(113)102-73-82(56-64-114(102)126)78-52-60-110-98(69-78)94-44-21-25-48-106(94)124(110)88-37-14-5-15-38-88/h1-73H. The Bertz CT molecular complexity index is 8070. The highest BCUT2D eigenvalue weighted by atomic mass is 15.3. The largest absolute Gasteiger partial charge is 0.309 e. The smallest absolute Gasteiger partial charge is 0.240 e. The number of rotatable bonds is 13. The van der Waals surface area contributed by atoms with Gasteiger partial charge in [-0.2, -0.15) is 15.0 Å². The molecule has 7 heterocycles. The molecule has 0 atom stereocenters. The molecule has 9 heteroatoms. The first-order valence-electron chi connectivity index (χ1n) is 43.0. The SMILES string of the molecule is c1ccc(-c2ccccc2-c2cccc(-c3nc(-n4c5ccc(-c6ccc7c(c6)c6ccccc6n7-c6ccccc6)cc5c5cc(-c6ccc7c(c6)c6ccccc6n7-c6ccccc6)ccc54)nc(-n4c5ccc(-c6ccc7c(c6)c6ccccc6n7-c6ccccc6)cc5c5cc(-c6ccc7c(c6)c6ccccc6n7-c6ccccc6)ccc54)n3)c2)cc1. The topological polar surface area (TPSA) is 68.2 Å². The first kappa shape index (κ1) is 70.8. The molecule has 0 saturated heterocycles. The van der Waals surface area contributed by atoms with Gasteiger partial charge in [0.05, 0.1) is 66.2 Å². The van der Waals surface area contributed by atoms with Crippen LogP contribution >= 0.6 is 0 Å². The number of aromatic nitrogens is 9. The van der Waals surface area contributed by atoms with Crippen LogP contribution < -0.4 is 0 Å². The second kappa shape index (κ2) is 28.3. The third-order valence-corrected chi connectivity index (χ3v) is 26.1. The maximum absolute atomic E-state index is 5.96. The van der Waals surface area contributed by atoms with E-state index in [2.05, 4.69) is 470 Å². The van der Waals surface area contributed by atoms with Gasteiger partial charge in [-0.25, -0.2) is 0 Å². The Kier molecular flexibility index (Phi) is 15.9. The van der Waals surface area contributed by atoms with Crippen molar-refractivity contribution in [1.82, 2.24) is 42.4 Å². The summed E-state index contributed by atoms with van der Waals surface area (Å²) >= 11 is 0. The lowest BCUT2D eigenvalue weighted by Crippen LogP contribution is -2.10. The summed E-state index contributed by atoms with van der Waals surface area (Å²) in [4.78, 5) is 17.6. The van der Waals surface area contributed by atoms with Gasteiger partial charge in [0, 0.05) is 92.9 Å². The quantitative estimate of drug-likeness (QED) is 0.116. The average molecular weight is 1600 g/mol. The summed E-state index contributed by atoms with van der Waals surface area (Å²) in [6.07, 6.45) is 0. The Hall–Kier alpha value is -17.0. The molecule has 7 aromatic heterocycles. The van der Waals surface area contributed by atoms with Crippen LogP contribution in [0, 0.1) is 0 Å². The van der Waals surface area contributed by atoms with Gasteiger partial charge in [0.2, 0.25) is 11.9 Å². The molecular weight excluding hydrogens is 1530 g/mol. The minimum absolute atomic E-state index is 0.477. The van der Waals surface area contributed by atoms with E-state index in [1.54, 1.807) is 0 Å². The van der Waals surface area contributed by atoms with Crippen LogP contribution in [0.5, 0.6) is 0 Å². The third kappa shape index (κ3) is 11.2. The van der Waals surface area contributed by atoms with Crippen molar-refractivity contribution in [2.45, 2.75) is 0 Å². The summed E-state index contributed by atoms with van der Waals surface area (Å²) in [6, 6.07) is 162. The van der Waals surface area contributed by atoms with Crippen molar-refractivity contribution in [2.75, 3.05) is 0 Å². The van der Waals surface area contributed by atoms with Crippen LogP contribution in [0.25, 0.3) is 244 Å². The van der Waals surface area contributed by atoms with Gasteiger partial charge < -0.3 is 18.3 Å². The van der Waals surface area contributed by atoms with E-state index in [-0.39, 0.29) is 0 Å². The summed E-state index contributed by atoms with van der Waals surface area (Å²) in [5, 5.41) is 13.8. The number of benzene rings is 19. The molecule has 9 nitrogen and oxygen atoms in total. The van der Waals surface area contributed by atoms with Crippen LogP contribution in [-0.4, -0.2) is 42.4 Å². The van der Waals surface area contributed by atoms with Crippen molar-refractivity contribution < 1.29 is 0 Å². The number of nitrogens with zero attached hydrogens (tertiary/aromatic N) is 9. The molecule has 26 rings (SSSR count). The van der Waals surface area contributed by atoms with Crippen LogP contribution in [-0.2, 0) is 0 Å². The molecule has 0 N–H and O–H groups in total. The molecule has 0 bridgehead atoms. The lowest BCUT2D eigenvalue weighted by molar-refractivity contribution is 0.893. The Morgan fingerprint density at radius 1 is 0.127 bits per heavy atom. The van der Waals surface area contributed by atoms with Crippen molar-refractivity contribution in [3.63, 3.8) is 0 Å². The summed E-state index contributed by atoms with van der Waals surface area (Å²) in [6.45, 7) is 0. The molecule has 0 fully saturated rings. The number of hydrogen-bond donors (Lipinski definition) is 0. The first-order valence-corrected chi connectivity index (χ1v) is 43.0. The first-order chi connectivity index (χ1) is 62.5. The molecule has 0 aliphatic rings. The van der Waals surface area contributed by atoms with Gasteiger partial charge in [-0.1, -0.05) is 267 Å². The fourth-order valence-electron chi connectivity index (χ4n) is 20.3. The fourth-order valence-corrected chi connectivity index (χ4v) is 20.3.